The molecule has 21 heavy (non-hydrogen) atoms. The maximum absolute atomic E-state index is 12.4. The average Bonchev–Trinajstić information content (AvgIpc) is 2.47. The minimum Gasteiger partial charge on any atom is -0.481 e. The number of ether oxygens (including phenoxy) is 2. The second kappa shape index (κ2) is 7.98. The van der Waals surface area contributed by atoms with E-state index in [1.54, 1.807) is 20.4 Å². The van der Waals surface area contributed by atoms with Crippen molar-refractivity contribution in [3.05, 3.63) is 17.8 Å². The molecular weight excluding hydrogens is 268 g/mol. The van der Waals surface area contributed by atoms with Crippen molar-refractivity contribution in [2.45, 2.75) is 52.1 Å². The summed E-state index contributed by atoms with van der Waals surface area (Å²) >= 11 is 0. The molecule has 1 atom stereocenters. The quantitative estimate of drug-likeness (QED) is 0.747. The second-order valence-electron chi connectivity index (χ2n) is 5.40. The van der Waals surface area contributed by atoms with Gasteiger partial charge in [-0.15, -0.1) is 0 Å². The third-order valence-corrected chi connectivity index (χ3v) is 3.67. The van der Waals surface area contributed by atoms with E-state index in [0.29, 0.717) is 18.0 Å². The normalized spacial score (nSPS) is 13.6. The van der Waals surface area contributed by atoms with E-state index in [9.17, 15) is 4.79 Å². The van der Waals surface area contributed by atoms with Gasteiger partial charge in [-0.3, -0.25) is 4.79 Å². The van der Waals surface area contributed by atoms with Crippen molar-refractivity contribution in [1.29, 1.82) is 0 Å². The van der Waals surface area contributed by atoms with Crippen molar-refractivity contribution < 1.29 is 14.3 Å². The molecule has 1 amide bonds. The highest BCUT2D eigenvalue weighted by Gasteiger charge is 2.32. The Hall–Kier alpha value is -1.62. The molecule has 1 heterocycles. The molecule has 0 fully saturated rings. The van der Waals surface area contributed by atoms with Crippen LogP contribution in [0.5, 0.6) is 5.88 Å². The number of hydrogen-bond donors (Lipinski definition) is 1. The number of carbonyl (C=O) groups excluding carboxylic acids is 1. The average molecular weight is 294 g/mol. The number of aromatic nitrogens is 1. The van der Waals surface area contributed by atoms with Crippen molar-refractivity contribution >= 4 is 11.6 Å². The maximum atomic E-state index is 12.4. The largest absolute Gasteiger partial charge is 0.481 e. The van der Waals surface area contributed by atoms with Crippen LogP contribution in [-0.2, 0) is 9.53 Å². The van der Waals surface area contributed by atoms with Crippen LogP contribution in [0.3, 0.4) is 0 Å². The van der Waals surface area contributed by atoms with Crippen molar-refractivity contribution in [2.24, 2.45) is 0 Å². The fourth-order valence-corrected chi connectivity index (χ4v) is 2.13. The maximum Gasteiger partial charge on any atom is 0.256 e. The van der Waals surface area contributed by atoms with E-state index in [4.69, 9.17) is 9.47 Å². The summed E-state index contributed by atoms with van der Waals surface area (Å²) in [7, 11) is 3.15. The van der Waals surface area contributed by atoms with E-state index in [1.165, 1.54) is 0 Å². The molecular formula is C16H26N2O3. The van der Waals surface area contributed by atoms with E-state index < -0.39 is 5.60 Å². The van der Waals surface area contributed by atoms with Gasteiger partial charge in [-0.2, -0.15) is 0 Å². The number of hydrogen-bond acceptors (Lipinski definition) is 4. The Kier molecular flexibility index (Phi) is 6.62. The van der Waals surface area contributed by atoms with Gasteiger partial charge in [0.1, 0.15) is 5.60 Å². The summed E-state index contributed by atoms with van der Waals surface area (Å²) in [6.45, 7) is 5.84. The zero-order valence-corrected chi connectivity index (χ0v) is 13.7. The molecule has 1 aromatic heterocycles. The minimum absolute atomic E-state index is 0.146. The number of anilines is 1. The molecule has 5 heteroatoms. The number of carbonyl (C=O) groups is 1. The predicted octanol–water partition coefficient (Wildman–Crippen LogP) is 3.32. The Balaban J connectivity index is 2.75. The van der Waals surface area contributed by atoms with E-state index in [2.05, 4.69) is 17.2 Å². The number of pyridine rings is 1. The lowest BCUT2D eigenvalue weighted by Gasteiger charge is -2.27. The van der Waals surface area contributed by atoms with Gasteiger partial charge >= 0.3 is 0 Å². The van der Waals surface area contributed by atoms with Crippen LogP contribution in [0.1, 0.15) is 45.1 Å². The summed E-state index contributed by atoms with van der Waals surface area (Å²) in [5, 5.41) is 2.87. The molecule has 5 nitrogen and oxygen atoms in total. The number of aryl methyl sites for hydroxylation is 1. The number of amides is 1. The summed E-state index contributed by atoms with van der Waals surface area (Å²) in [5.41, 5.74) is 0.709. The monoisotopic (exact) mass is 294 g/mol. The van der Waals surface area contributed by atoms with Gasteiger partial charge in [0.2, 0.25) is 5.88 Å². The second-order valence-corrected chi connectivity index (χ2v) is 5.40. The van der Waals surface area contributed by atoms with Gasteiger partial charge in [0.05, 0.1) is 19.0 Å². The first kappa shape index (κ1) is 17.4. The fraction of sp³-hybridized carbons (Fsp3) is 0.625. The molecule has 0 aliphatic rings. The molecule has 0 aromatic carbocycles. The number of nitrogens with one attached hydrogen (secondary N) is 1. The number of nitrogens with zero attached hydrogens (tertiary/aromatic N) is 1. The zero-order valence-electron chi connectivity index (χ0n) is 13.7. The molecule has 0 bridgehead atoms. The van der Waals surface area contributed by atoms with Gasteiger partial charge in [0.25, 0.3) is 5.91 Å². The van der Waals surface area contributed by atoms with Crippen LogP contribution in [-0.4, -0.2) is 30.7 Å². The minimum atomic E-state index is -0.816. The van der Waals surface area contributed by atoms with Gasteiger partial charge < -0.3 is 14.8 Å². The van der Waals surface area contributed by atoms with Crippen molar-refractivity contribution in [3.8, 4) is 5.88 Å². The van der Waals surface area contributed by atoms with Gasteiger partial charge in [0.15, 0.2) is 0 Å². The molecule has 1 rings (SSSR count). The summed E-state index contributed by atoms with van der Waals surface area (Å²) in [6.07, 6.45) is 5.46. The smallest absolute Gasteiger partial charge is 0.256 e. The van der Waals surface area contributed by atoms with Crippen LogP contribution in [0.25, 0.3) is 0 Å². The Morgan fingerprint density at radius 2 is 2.10 bits per heavy atom. The van der Waals surface area contributed by atoms with E-state index in [0.717, 1.165) is 24.8 Å². The van der Waals surface area contributed by atoms with E-state index in [1.807, 2.05) is 19.9 Å². The molecule has 0 saturated heterocycles. The predicted molar refractivity (Wildman–Crippen MR) is 83.7 cm³/mol. The van der Waals surface area contributed by atoms with Crippen molar-refractivity contribution in [2.75, 3.05) is 19.5 Å². The topological polar surface area (TPSA) is 60.5 Å². The van der Waals surface area contributed by atoms with Gasteiger partial charge in [-0.1, -0.05) is 26.2 Å². The highest BCUT2D eigenvalue weighted by atomic mass is 16.5. The molecule has 0 spiro atoms. The summed E-state index contributed by atoms with van der Waals surface area (Å²) in [4.78, 5) is 16.6. The fourth-order valence-electron chi connectivity index (χ4n) is 2.13. The van der Waals surface area contributed by atoms with Crippen LogP contribution < -0.4 is 10.1 Å². The molecule has 0 unspecified atom stereocenters. The number of methoxy groups -OCH3 is 2. The third-order valence-electron chi connectivity index (χ3n) is 3.67. The summed E-state index contributed by atoms with van der Waals surface area (Å²) in [6, 6.07) is 1.84. The highest BCUT2D eigenvalue weighted by molar-refractivity contribution is 5.97. The Bertz CT molecular complexity index is 477. The highest BCUT2D eigenvalue weighted by Crippen LogP contribution is 2.23. The van der Waals surface area contributed by atoms with Crippen molar-refractivity contribution in [3.63, 3.8) is 0 Å². The van der Waals surface area contributed by atoms with Gasteiger partial charge in [0, 0.05) is 12.7 Å². The Morgan fingerprint density at radius 3 is 2.62 bits per heavy atom. The molecule has 1 aromatic rings. The molecule has 1 N–H and O–H groups in total. The first-order valence-corrected chi connectivity index (χ1v) is 7.34. The standard InChI is InChI=1S/C16H26N2O3/c1-6-7-8-9-16(3,21-5)15(19)18-13-10-12(2)14(20-4)17-11-13/h10-11H,6-9H2,1-5H3,(H,18,19)/t16-/m0/s1. The number of unbranched alkanes of at least 4 members (excludes halogenated alkanes) is 2. The lowest BCUT2D eigenvalue weighted by Crippen LogP contribution is -2.42. The number of rotatable bonds is 8. The molecule has 118 valence electrons. The molecule has 0 aliphatic carbocycles. The first-order chi connectivity index (χ1) is 9.96. The van der Waals surface area contributed by atoms with E-state index in [-0.39, 0.29) is 5.91 Å². The van der Waals surface area contributed by atoms with Crippen LogP contribution >= 0.6 is 0 Å². The van der Waals surface area contributed by atoms with Crippen LogP contribution in [0, 0.1) is 6.92 Å². The molecule has 0 aliphatic heterocycles. The van der Waals surface area contributed by atoms with Crippen LogP contribution in [0.2, 0.25) is 0 Å². The van der Waals surface area contributed by atoms with Crippen LogP contribution in [0.15, 0.2) is 12.3 Å². The van der Waals surface area contributed by atoms with Crippen molar-refractivity contribution in [1.82, 2.24) is 4.98 Å². The SMILES string of the molecule is CCCCC[C@](C)(OC)C(=O)Nc1cnc(OC)c(C)c1. The Morgan fingerprint density at radius 1 is 1.38 bits per heavy atom. The lowest BCUT2D eigenvalue weighted by atomic mass is 9.97. The lowest BCUT2D eigenvalue weighted by molar-refractivity contribution is -0.136. The summed E-state index contributed by atoms with van der Waals surface area (Å²) < 4.78 is 10.5. The molecule has 0 saturated carbocycles. The zero-order chi connectivity index (χ0) is 15.9. The van der Waals surface area contributed by atoms with E-state index >= 15 is 0 Å². The van der Waals surface area contributed by atoms with Gasteiger partial charge in [-0.05, 0) is 26.3 Å². The Labute approximate surface area is 127 Å². The summed E-state index contributed by atoms with van der Waals surface area (Å²) in [5.74, 6) is 0.415. The first-order valence-electron chi connectivity index (χ1n) is 7.34. The van der Waals surface area contributed by atoms with Gasteiger partial charge in [-0.25, -0.2) is 4.98 Å². The third kappa shape index (κ3) is 4.70. The van der Waals surface area contributed by atoms with Crippen LogP contribution in [0.4, 0.5) is 5.69 Å². The molecule has 0 radical (unpaired) electrons.